The SMILES string of the molecule is CCn1nc(C(C)C)cc1C(=O)OC(C)C. The maximum atomic E-state index is 11.8. The highest BCUT2D eigenvalue weighted by Crippen LogP contribution is 2.15. The Hall–Kier alpha value is -1.32. The molecule has 0 fully saturated rings. The van der Waals surface area contributed by atoms with Crippen LogP contribution in [0.2, 0.25) is 0 Å². The number of rotatable bonds is 4. The van der Waals surface area contributed by atoms with Crippen molar-refractivity contribution in [2.45, 2.75) is 53.2 Å². The lowest BCUT2D eigenvalue weighted by atomic mass is 10.1. The van der Waals surface area contributed by atoms with Gasteiger partial charge in [0.05, 0.1) is 11.8 Å². The van der Waals surface area contributed by atoms with Gasteiger partial charge in [-0.1, -0.05) is 13.8 Å². The first-order chi connectivity index (χ1) is 7.45. The number of carbonyl (C=O) groups is 1. The van der Waals surface area contributed by atoms with Gasteiger partial charge in [-0.2, -0.15) is 5.10 Å². The van der Waals surface area contributed by atoms with E-state index >= 15 is 0 Å². The lowest BCUT2D eigenvalue weighted by molar-refractivity contribution is 0.0363. The number of aryl methyl sites for hydroxylation is 1. The molecule has 0 N–H and O–H groups in total. The molecule has 0 amide bonds. The van der Waals surface area contributed by atoms with Crippen LogP contribution < -0.4 is 0 Å². The van der Waals surface area contributed by atoms with Crippen LogP contribution in [0, 0.1) is 0 Å². The summed E-state index contributed by atoms with van der Waals surface area (Å²) in [5.41, 5.74) is 1.47. The van der Waals surface area contributed by atoms with Gasteiger partial charge in [0.25, 0.3) is 0 Å². The molecule has 16 heavy (non-hydrogen) atoms. The molecule has 0 aliphatic heterocycles. The molecule has 0 aliphatic carbocycles. The van der Waals surface area contributed by atoms with Gasteiger partial charge in [-0.25, -0.2) is 4.79 Å². The van der Waals surface area contributed by atoms with Crippen LogP contribution in [0.4, 0.5) is 0 Å². The van der Waals surface area contributed by atoms with Crippen LogP contribution in [0.5, 0.6) is 0 Å². The van der Waals surface area contributed by atoms with E-state index in [0.29, 0.717) is 18.2 Å². The number of ether oxygens (including phenoxy) is 1. The number of carbonyl (C=O) groups excluding carboxylic acids is 1. The van der Waals surface area contributed by atoms with Crippen molar-refractivity contribution in [3.8, 4) is 0 Å². The van der Waals surface area contributed by atoms with Gasteiger partial charge in [0, 0.05) is 6.54 Å². The number of hydrogen-bond acceptors (Lipinski definition) is 3. The fourth-order valence-corrected chi connectivity index (χ4v) is 1.40. The largest absolute Gasteiger partial charge is 0.458 e. The van der Waals surface area contributed by atoms with Crippen molar-refractivity contribution in [2.24, 2.45) is 0 Å². The second-order valence-corrected chi connectivity index (χ2v) is 4.38. The van der Waals surface area contributed by atoms with Gasteiger partial charge in [-0.3, -0.25) is 4.68 Å². The monoisotopic (exact) mass is 224 g/mol. The van der Waals surface area contributed by atoms with E-state index in [0.717, 1.165) is 5.69 Å². The third kappa shape index (κ3) is 2.84. The summed E-state index contributed by atoms with van der Waals surface area (Å²) in [4.78, 5) is 11.8. The van der Waals surface area contributed by atoms with Gasteiger partial charge in [0.15, 0.2) is 0 Å². The first-order valence-electron chi connectivity index (χ1n) is 5.74. The van der Waals surface area contributed by atoms with E-state index in [4.69, 9.17) is 4.74 Å². The van der Waals surface area contributed by atoms with Gasteiger partial charge < -0.3 is 4.74 Å². The molecule has 4 nitrogen and oxygen atoms in total. The Morgan fingerprint density at radius 2 is 2.06 bits per heavy atom. The number of aromatic nitrogens is 2. The Morgan fingerprint density at radius 3 is 2.50 bits per heavy atom. The summed E-state index contributed by atoms with van der Waals surface area (Å²) in [7, 11) is 0. The Morgan fingerprint density at radius 1 is 1.44 bits per heavy atom. The van der Waals surface area contributed by atoms with Crippen molar-refractivity contribution in [1.29, 1.82) is 0 Å². The summed E-state index contributed by atoms with van der Waals surface area (Å²) >= 11 is 0. The fourth-order valence-electron chi connectivity index (χ4n) is 1.40. The zero-order chi connectivity index (χ0) is 12.3. The summed E-state index contributed by atoms with van der Waals surface area (Å²) in [6.07, 6.45) is -0.102. The predicted molar refractivity (Wildman–Crippen MR) is 62.5 cm³/mol. The second kappa shape index (κ2) is 5.14. The number of hydrogen-bond donors (Lipinski definition) is 0. The predicted octanol–water partition coefficient (Wildman–Crippen LogP) is 2.59. The number of esters is 1. The minimum Gasteiger partial charge on any atom is -0.458 e. The zero-order valence-electron chi connectivity index (χ0n) is 10.7. The van der Waals surface area contributed by atoms with Crippen molar-refractivity contribution >= 4 is 5.97 Å². The van der Waals surface area contributed by atoms with Gasteiger partial charge in [0.1, 0.15) is 5.69 Å². The highest BCUT2D eigenvalue weighted by Gasteiger charge is 2.18. The third-order valence-electron chi connectivity index (χ3n) is 2.24. The smallest absolute Gasteiger partial charge is 0.356 e. The summed E-state index contributed by atoms with van der Waals surface area (Å²) < 4.78 is 6.87. The normalized spacial score (nSPS) is 11.2. The Labute approximate surface area is 96.6 Å². The van der Waals surface area contributed by atoms with Crippen molar-refractivity contribution in [2.75, 3.05) is 0 Å². The lowest BCUT2D eigenvalue weighted by Crippen LogP contribution is -2.16. The van der Waals surface area contributed by atoms with Crippen LogP contribution >= 0.6 is 0 Å². The molecule has 0 aromatic carbocycles. The highest BCUT2D eigenvalue weighted by molar-refractivity contribution is 5.87. The van der Waals surface area contributed by atoms with E-state index < -0.39 is 0 Å². The van der Waals surface area contributed by atoms with Gasteiger partial charge in [0.2, 0.25) is 0 Å². The Bertz CT molecular complexity index is 367. The van der Waals surface area contributed by atoms with Crippen LogP contribution in [0.25, 0.3) is 0 Å². The van der Waals surface area contributed by atoms with E-state index in [1.54, 1.807) is 4.68 Å². The molecule has 0 radical (unpaired) electrons. The van der Waals surface area contributed by atoms with Gasteiger partial charge >= 0.3 is 5.97 Å². The maximum Gasteiger partial charge on any atom is 0.356 e. The molecule has 0 bridgehead atoms. The van der Waals surface area contributed by atoms with E-state index in [2.05, 4.69) is 18.9 Å². The molecule has 0 unspecified atom stereocenters. The second-order valence-electron chi connectivity index (χ2n) is 4.38. The summed E-state index contributed by atoms with van der Waals surface area (Å²) in [6, 6.07) is 1.82. The minimum atomic E-state index is -0.295. The van der Waals surface area contributed by atoms with Crippen LogP contribution in [-0.4, -0.2) is 21.9 Å². The van der Waals surface area contributed by atoms with Crippen LogP contribution in [-0.2, 0) is 11.3 Å². The molecule has 4 heteroatoms. The average molecular weight is 224 g/mol. The quantitative estimate of drug-likeness (QED) is 0.738. The standard InChI is InChI=1S/C12H20N2O2/c1-6-14-11(12(15)16-9(4)5)7-10(13-14)8(2)3/h7-9H,6H2,1-5H3. The molecular formula is C12H20N2O2. The van der Waals surface area contributed by atoms with Crippen LogP contribution in [0.1, 0.15) is 56.7 Å². The van der Waals surface area contributed by atoms with Crippen molar-refractivity contribution in [3.05, 3.63) is 17.5 Å². The minimum absolute atomic E-state index is 0.102. The maximum absolute atomic E-state index is 11.8. The molecule has 0 atom stereocenters. The summed E-state index contributed by atoms with van der Waals surface area (Å²) in [5.74, 6) is 0.0228. The van der Waals surface area contributed by atoms with Gasteiger partial charge in [-0.15, -0.1) is 0 Å². The van der Waals surface area contributed by atoms with Crippen molar-refractivity contribution in [3.63, 3.8) is 0 Å². The van der Waals surface area contributed by atoms with Crippen molar-refractivity contribution < 1.29 is 9.53 Å². The van der Waals surface area contributed by atoms with Crippen molar-refractivity contribution in [1.82, 2.24) is 9.78 Å². The molecule has 0 aliphatic rings. The Kier molecular flexibility index (Phi) is 4.10. The first-order valence-corrected chi connectivity index (χ1v) is 5.74. The fraction of sp³-hybridized carbons (Fsp3) is 0.667. The molecule has 90 valence electrons. The van der Waals surface area contributed by atoms with E-state index in [1.807, 2.05) is 26.8 Å². The molecule has 1 heterocycles. The topological polar surface area (TPSA) is 44.1 Å². The zero-order valence-corrected chi connectivity index (χ0v) is 10.7. The summed E-state index contributed by atoms with van der Waals surface area (Å²) in [6.45, 7) is 10.4. The number of nitrogens with zero attached hydrogens (tertiary/aromatic N) is 2. The highest BCUT2D eigenvalue weighted by atomic mass is 16.5. The van der Waals surface area contributed by atoms with Crippen LogP contribution in [0.15, 0.2) is 6.07 Å². The Balaban J connectivity index is 2.97. The first kappa shape index (κ1) is 12.7. The molecular weight excluding hydrogens is 204 g/mol. The molecule has 0 saturated heterocycles. The van der Waals surface area contributed by atoms with Crippen LogP contribution in [0.3, 0.4) is 0 Å². The molecule has 0 saturated carbocycles. The molecule has 1 aromatic heterocycles. The third-order valence-corrected chi connectivity index (χ3v) is 2.24. The lowest BCUT2D eigenvalue weighted by Gasteiger charge is -2.08. The van der Waals surface area contributed by atoms with E-state index in [-0.39, 0.29) is 12.1 Å². The van der Waals surface area contributed by atoms with E-state index in [1.165, 1.54) is 0 Å². The van der Waals surface area contributed by atoms with Gasteiger partial charge in [-0.05, 0) is 32.8 Å². The average Bonchev–Trinajstić information content (AvgIpc) is 2.60. The summed E-state index contributed by atoms with van der Waals surface area (Å²) in [5, 5.41) is 4.37. The molecule has 0 spiro atoms. The molecule has 1 rings (SSSR count). The van der Waals surface area contributed by atoms with E-state index in [9.17, 15) is 4.79 Å². The molecule has 1 aromatic rings.